The number of benzene rings is 1. The smallest absolute Gasteiger partial charge is 0.354 e. The second-order valence-electron chi connectivity index (χ2n) is 4.28. The van der Waals surface area contributed by atoms with E-state index in [1.807, 2.05) is 37.3 Å². The monoisotopic (exact) mass is 303 g/mol. The third-order valence-electron chi connectivity index (χ3n) is 2.87. The van der Waals surface area contributed by atoms with Crippen molar-refractivity contribution in [2.75, 3.05) is 12.4 Å². The van der Waals surface area contributed by atoms with Crippen molar-refractivity contribution in [3.63, 3.8) is 0 Å². The fourth-order valence-electron chi connectivity index (χ4n) is 1.98. The molecule has 1 N–H and O–H groups in total. The van der Waals surface area contributed by atoms with Gasteiger partial charge in [0.25, 0.3) is 0 Å². The summed E-state index contributed by atoms with van der Waals surface area (Å²) < 4.78 is 4.98. The maximum atomic E-state index is 12.2. The lowest BCUT2D eigenvalue weighted by molar-refractivity contribution is 0.0520. The lowest BCUT2D eigenvalue weighted by Crippen LogP contribution is -2.04. The van der Waals surface area contributed by atoms with Gasteiger partial charge < -0.3 is 9.72 Å². The van der Waals surface area contributed by atoms with Gasteiger partial charge in [0.15, 0.2) is 0 Å². The fraction of sp³-hybridized carbons (Fsp3) is 0.250. The minimum Gasteiger partial charge on any atom is -0.461 e. The molecule has 4 nitrogen and oxygen atoms in total. The van der Waals surface area contributed by atoms with E-state index in [-0.39, 0.29) is 5.12 Å². The van der Waals surface area contributed by atoms with Gasteiger partial charge in [0, 0.05) is 0 Å². The molecule has 1 heterocycles. The Morgan fingerprint density at radius 3 is 2.52 bits per heavy atom. The van der Waals surface area contributed by atoms with Crippen LogP contribution >= 0.6 is 11.8 Å². The Kier molecular flexibility index (Phi) is 5.22. The minimum absolute atomic E-state index is 0.0526. The molecule has 1 aromatic heterocycles. The summed E-state index contributed by atoms with van der Waals surface area (Å²) in [5, 5.41) is -0.0526. The number of H-pyrrole nitrogens is 1. The van der Waals surface area contributed by atoms with Crippen LogP contribution in [-0.2, 0) is 4.74 Å². The van der Waals surface area contributed by atoms with Crippen molar-refractivity contribution in [1.82, 2.24) is 4.98 Å². The van der Waals surface area contributed by atoms with Gasteiger partial charge in [0.05, 0.1) is 17.9 Å². The molecule has 0 amide bonds. The lowest BCUT2D eigenvalue weighted by Gasteiger charge is -2.02. The number of rotatable bonds is 5. The van der Waals surface area contributed by atoms with Crippen LogP contribution < -0.4 is 0 Å². The van der Waals surface area contributed by atoms with Crippen LogP contribution in [0.15, 0.2) is 36.4 Å². The number of thioether (sulfide) groups is 1. The highest BCUT2D eigenvalue weighted by Gasteiger charge is 2.20. The van der Waals surface area contributed by atoms with E-state index in [2.05, 4.69) is 4.98 Å². The standard InChI is InChI=1S/C16H17NO3S/c1-3-20-15(18)13-10-12(16(19)21-4-2)14(17-13)11-8-6-5-7-9-11/h5-10,17H,3-4H2,1-2H3. The predicted octanol–water partition coefficient (Wildman–Crippen LogP) is 3.75. The van der Waals surface area contributed by atoms with Crippen molar-refractivity contribution >= 4 is 22.8 Å². The Morgan fingerprint density at radius 2 is 1.90 bits per heavy atom. The molecule has 0 saturated carbocycles. The van der Waals surface area contributed by atoms with Crippen LogP contribution in [0.1, 0.15) is 34.7 Å². The molecular weight excluding hydrogens is 286 g/mol. The van der Waals surface area contributed by atoms with E-state index in [0.29, 0.717) is 29.3 Å². The first-order valence-corrected chi connectivity index (χ1v) is 7.78. The van der Waals surface area contributed by atoms with Crippen molar-refractivity contribution in [3.8, 4) is 11.3 Å². The van der Waals surface area contributed by atoms with E-state index < -0.39 is 5.97 Å². The van der Waals surface area contributed by atoms with Crippen LogP contribution in [0.3, 0.4) is 0 Å². The second kappa shape index (κ2) is 7.13. The molecule has 21 heavy (non-hydrogen) atoms. The molecule has 2 rings (SSSR count). The average molecular weight is 303 g/mol. The average Bonchev–Trinajstić information content (AvgIpc) is 2.94. The fourth-order valence-corrected chi connectivity index (χ4v) is 2.55. The number of nitrogens with one attached hydrogen (secondary N) is 1. The lowest BCUT2D eigenvalue weighted by atomic mass is 10.1. The number of carbonyl (C=O) groups is 2. The summed E-state index contributed by atoms with van der Waals surface area (Å²) in [6.07, 6.45) is 0. The molecule has 0 atom stereocenters. The summed E-state index contributed by atoms with van der Waals surface area (Å²) in [6, 6.07) is 11.1. The normalized spacial score (nSPS) is 10.4. The molecule has 2 aromatic rings. The van der Waals surface area contributed by atoms with Crippen molar-refractivity contribution in [2.45, 2.75) is 13.8 Å². The van der Waals surface area contributed by atoms with E-state index in [1.165, 1.54) is 11.8 Å². The van der Waals surface area contributed by atoms with E-state index in [0.717, 1.165) is 5.56 Å². The van der Waals surface area contributed by atoms with Crippen LogP contribution in [0.25, 0.3) is 11.3 Å². The number of hydrogen-bond acceptors (Lipinski definition) is 4. The van der Waals surface area contributed by atoms with E-state index in [1.54, 1.807) is 13.0 Å². The summed E-state index contributed by atoms with van der Waals surface area (Å²) in [4.78, 5) is 27.1. The molecule has 5 heteroatoms. The van der Waals surface area contributed by atoms with Gasteiger partial charge >= 0.3 is 5.97 Å². The van der Waals surface area contributed by atoms with Gasteiger partial charge in [-0.3, -0.25) is 4.79 Å². The molecule has 0 bridgehead atoms. The molecule has 0 radical (unpaired) electrons. The zero-order chi connectivity index (χ0) is 15.2. The van der Waals surface area contributed by atoms with Crippen molar-refractivity contribution in [1.29, 1.82) is 0 Å². The number of aromatic nitrogens is 1. The van der Waals surface area contributed by atoms with Crippen LogP contribution in [0.2, 0.25) is 0 Å². The largest absolute Gasteiger partial charge is 0.461 e. The molecule has 0 aliphatic heterocycles. The topological polar surface area (TPSA) is 59.2 Å². The number of esters is 1. The van der Waals surface area contributed by atoms with Crippen molar-refractivity contribution < 1.29 is 14.3 Å². The van der Waals surface area contributed by atoms with Gasteiger partial charge in [-0.05, 0) is 24.3 Å². The van der Waals surface area contributed by atoms with Gasteiger partial charge in [-0.25, -0.2) is 4.79 Å². The van der Waals surface area contributed by atoms with Crippen LogP contribution in [-0.4, -0.2) is 28.4 Å². The Labute approximate surface area is 127 Å². The SMILES string of the molecule is CCOC(=O)c1cc(C(=O)SCC)c(-c2ccccc2)[nH]1. The molecular formula is C16H17NO3S. The molecule has 1 aromatic carbocycles. The highest BCUT2D eigenvalue weighted by molar-refractivity contribution is 8.14. The van der Waals surface area contributed by atoms with Gasteiger partial charge in [0.2, 0.25) is 5.12 Å². The molecule has 0 saturated heterocycles. The van der Waals surface area contributed by atoms with E-state index in [9.17, 15) is 9.59 Å². The Bertz CT molecular complexity index is 634. The van der Waals surface area contributed by atoms with Crippen LogP contribution in [0, 0.1) is 0 Å². The minimum atomic E-state index is -0.449. The quantitative estimate of drug-likeness (QED) is 0.855. The van der Waals surface area contributed by atoms with E-state index >= 15 is 0 Å². The number of hydrogen-bond donors (Lipinski definition) is 1. The Morgan fingerprint density at radius 1 is 1.19 bits per heavy atom. The third kappa shape index (κ3) is 3.55. The van der Waals surface area contributed by atoms with Gasteiger partial charge in [0.1, 0.15) is 5.69 Å². The zero-order valence-corrected chi connectivity index (χ0v) is 12.8. The first-order chi connectivity index (χ1) is 10.2. The molecule has 0 aliphatic carbocycles. The summed E-state index contributed by atoms with van der Waals surface area (Å²) in [7, 11) is 0. The molecule has 0 fully saturated rings. The second-order valence-corrected chi connectivity index (χ2v) is 5.52. The summed E-state index contributed by atoms with van der Waals surface area (Å²) in [6.45, 7) is 3.97. The number of carbonyl (C=O) groups excluding carboxylic acids is 2. The molecule has 0 spiro atoms. The first-order valence-electron chi connectivity index (χ1n) is 6.80. The zero-order valence-electron chi connectivity index (χ0n) is 12.0. The number of ether oxygens (including phenoxy) is 1. The van der Waals surface area contributed by atoms with Gasteiger partial charge in [-0.15, -0.1) is 0 Å². The van der Waals surface area contributed by atoms with Crippen LogP contribution in [0.5, 0.6) is 0 Å². The summed E-state index contributed by atoms with van der Waals surface area (Å²) in [5.41, 5.74) is 2.34. The van der Waals surface area contributed by atoms with Crippen molar-refractivity contribution in [3.05, 3.63) is 47.7 Å². The van der Waals surface area contributed by atoms with Crippen LogP contribution in [0.4, 0.5) is 0 Å². The maximum Gasteiger partial charge on any atom is 0.354 e. The molecule has 0 unspecified atom stereocenters. The highest BCUT2D eigenvalue weighted by Crippen LogP contribution is 2.27. The number of aromatic amines is 1. The molecule has 110 valence electrons. The first kappa shape index (κ1) is 15.4. The molecule has 0 aliphatic rings. The maximum absolute atomic E-state index is 12.2. The third-order valence-corrected chi connectivity index (χ3v) is 3.64. The van der Waals surface area contributed by atoms with Crippen molar-refractivity contribution in [2.24, 2.45) is 0 Å². The highest BCUT2D eigenvalue weighted by atomic mass is 32.2. The predicted molar refractivity (Wildman–Crippen MR) is 84.6 cm³/mol. The van der Waals surface area contributed by atoms with E-state index in [4.69, 9.17) is 4.74 Å². The van der Waals surface area contributed by atoms with Gasteiger partial charge in [-0.2, -0.15) is 0 Å². The summed E-state index contributed by atoms with van der Waals surface area (Å²) in [5.74, 6) is 0.239. The summed E-state index contributed by atoms with van der Waals surface area (Å²) >= 11 is 1.22. The Balaban J connectivity index is 2.46. The van der Waals surface area contributed by atoms with Gasteiger partial charge in [-0.1, -0.05) is 49.0 Å². The Hall–Kier alpha value is -2.01.